The first-order valence-corrected chi connectivity index (χ1v) is 7.49. The first kappa shape index (κ1) is 17.0. The quantitative estimate of drug-likeness (QED) is 0.563. The number of anilines is 1. The Morgan fingerprint density at radius 2 is 1.69 bits per heavy atom. The Kier molecular flexibility index (Phi) is 4.09. The number of rotatable bonds is 4. The summed E-state index contributed by atoms with van der Waals surface area (Å²) < 4.78 is 5.54. The molecule has 0 saturated carbocycles. The van der Waals surface area contributed by atoms with Crippen molar-refractivity contribution in [2.24, 2.45) is 0 Å². The van der Waals surface area contributed by atoms with E-state index in [1.54, 1.807) is 37.3 Å². The average Bonchev–Trinajstić information content (AvgIpc) is 3.00. The molecule has 0 atom stereocenters. The summed E-state index contributed by atoms with van der Waals surface area (Å²) in [6, 6.07) is 9.88. The lowest BCUT2D eigenvalue weighted by atomic mass is 9.94. The molecular weight excluding hydrogens is 340 g/mol. The Balaban J connectivity index is 2.35. The van der Waals surface area contributed by atoms with Crippen molar-refractivity contribution in [3.05, 3.63) is 63.6 Å². The van der Waals surface area contributed by atoms with E-state index in [-0.39, 0.29) is 11.1 Å². The summed E-state index contributed by atoms with van der Waals surface area (Å²) in [6.45, 7) is 1.77. The summed E-state index contributed by atoms with van der Waals surface area (Å²) in [5.74, 6) is -2.21. The summed E-state index contributed by atoms with van der Waals surface area (Å²) >= 11 is 0. The first-order valence-electron chi connectivity index (χ1n) is 7.49. The van der Waals surface area contributed by atoms with Crippen molar-refractivity contribution in [3.63, 3.8) is 0 Å². The maximum absolute atomic E-state index is 12.1. The van der Waals surface area contributed by atoms with Crippen molar-refractivity contribution < 1.29 is 24.2 Å². The molecule has 26 heavy (non-hydrogen) atoms. The minimum Gasteiger partial charge on any atom is -0.478 e. The second-order valence-corrected chi connectivity index (χ2v) is 5.59. The van der Waals surface area contributed by atoms with Gasteiger partial charge in [-0.3, -0.25) is 4.79 Å². The number of nitrogens with one attached hydrogen (secondary N) is 1. The van der Waals surface area contributed by atoms with Gasteiger partial charge in [-0.05, 0) is 30.7 Å². The Bertz CT molecular complexity index is 1090. The lowest BCUT2D eigenvalue weighted by Gasteiger charge is -2.12. The molecule has 132 valence electrons. The summed E-state index contributed by atoms with van der Waals surface area (Å²) in [4.78, 5) is 37.4. The van der Waals surface area contributed by atoms with Gasteiger partial charge in [-0.15, -0.1) is 0 Å². The van der Waals surface area contributed by atoms with Crippen LogP contribution in [-0.4, -0.2) is 27.1 Å². The summed E-state index contributed by atoms with van der Waals surface area (Å²) in [5, 5.41) is 18.9. The zero-order chi connectivity index (χ0) is 19.0. The van der Waals surface area contributed by atoms with E-state index in [0.717, 1.165) is 0 Å². The average molecular weight is 354 g/mol. The molecule has 1 aromatic carbocycles. The van der Waals surface area contributed by atoms with Gasteiger partial charge in [0.15, 0.2) is 0 Å². The lowest BCUT2D eigenvalue weighted by molar-refractivity contribution is 0.0695. The van der Waals surface area contributed by atoms with Crippen LogP contribution in [0.2, 0.25) is 0 Å². The molecule has 5 N–H and O–H groups in total. The number of hydrogen-bond donors (Lipinski definition) is 4. The number of aromatic carboxylic acids is 2. The van der Waals surface area contributed by atoms with Gasteiger partial charge >= 0.3 is 11.9 Å². The number of H-pyrrole nitrogens is 1. The number of furan rings is 1. The van der Waals surface area contributed by atoms with Crippen molar-refractivity contribution in [3.8, 4) is 22.5 Å². The van der Waals surface area contributed by atoms with Crippen LogP contribution in [-0.2, 0) is 0 Å². The Morgan fingerprint density at radius 1 is 1.04 bits per heavy atom. The van der Waals surface area contributed by atoms with Crippen molar-refractivity contribution in [2.75, 3.05) is 5.73 Å². The number of aromatic amines is 1. The maximum atomic E-state index is 12.1. The Hall–Kier alpha value is -3.81. The molecule has 0 saturated heterocycles. The van der Waals surface area contributed by atoms with Gasteiger partial charge in [0.05, 0.1) is 0 Å². The summed E-state index contributed by atoms with van der Waals surface area (Å²) in [6.07, 6.45) is 0. The van der Waals surface area contributed by atoms with Crippen LogP contribution in [0.25, 0.3) is 22.5 Å². The van der Waals surface area contributed by atoms with Crippen molar-refractivity contribution >= 4 is 17.8 Å². The zero-order valence-electron chi connectivity index (χ0n) is 13.6. The third-order valence-electron chi connectivity index (χ3n) is 3.85. The second kappa shape index (κ2) is 6.25. The maximum Gasteiger partial charge on any atom is 0.342 e. The van der Waals surface area contributed by atoms with Gasteiger partial charge in [-0.1, -0.05) is 18.2 Å². The third kappa shape index (κ3) is 2.84. The molecule has 0 bridgehead atoms. The van der Waals surface area contributed by atoms with E-state index in [2.05, 4.69) is 4.98 Å². The van der Waals surface area contributed by atoms with Crippen molar-refractivity contribution in [1.82, 2.24) is 4.98 Å². The van der Waals surface area contributed by atoms with E-state index in [9.17, 15) is 24.6 Å². The molecule has 2 heterocycles. The molecule has 8 nitrogen and oxygen atoms in total. The molecule has 0 fully saturated rings. The second-order valence-electron chi connectivity index (χ2n) is 5.59. The van der Waals surface area contributed by atoms with Crippen molar-refractivity contribution in [1.29, 1.82) is 0 Å². The minimum absolute atomic E-state index is 0.226. The summed E-state index contributed by atoms with van der Waals surface area (Å²) in [7, 11) is 0. The SMILES string of the molecule is Cc1ccc(-c2cccc(-c3c(C(=O)O)c(N)[nH]c(=O)c3C(=O)O)c2)o1. The molecule has 0 aliphatic carbocycles. The fourth-order valence-corrected chi connectivity index (χ4v) is 2.75. The fourth-order valence-electron chi connectivity index (χ4n) is 2.75. The van der Waals surface area contributed by atoms with E-state index in [1.807, 2.05) is 0 Å². The van der Waals surface area contributed by atoms with Crippen LogP contribution in [0.4, 0.5) is 5.82 Å². The van der Waals surface area contributed by atoms with Crippen LogP contribution >= 0.6 is 0 Å². The van der Waals surface area contributed by atoms with Gasteiger partial charge in [0, 0.05) is 11.1 Å². The molecular formula is C18H14N2O6. The smallest absolute Gasteiger partial charge is 0.342 e. The monoisotopic (exact) mass is 354 g/mol. The highest BCUT2D eigenvalue weighted by molar-refractivity contribution is 6.07. The summed E-state index contributed by atoms with van der Waals surface area (Å²) in [5.41, 5.74) is 4.06. The molecule has 3 aromatic rings. The highest BCUT2D eigenvalue weighted by Crippen LogP contribution is 2.32. The van der Waals surface area contributed by atoms with E-state index < -0.39 is 34.4 Å². The third-order valence-corrected chi connectivity index (χ3v) is 3.85. The number of nitrogens with two attached hydrogens (primary N) is 1. The van der Waals surface area contributed by atoms with E-state index in [1.165, 1.54) is 6.07 Å². The van der Waals surface area contributed by atoms with E-state index in [0.29, 0.717) is 17.1 Å². The van der Waals surface area contributed by atoms with Crippen LogP contribution in [0, 0.1) is 6.92 Å². The highest BCUT2D eigenvalue weighted by Gasteiger charge is 2.26. The molecule has 8 heteroatoms. The van der Waals surface area contributed by atoms with Gasteiger partial charge in [0.1, 0.15) is 28.5 Å². The van der Waals surface area contributed by atoms with Crippen molar-refractivity contribution in [2.45, 2.75) is 6.92 Å². The van der Waals surface area contributed by atoms with E-state index in [4.69, 9.17) is 10.2 Å². The van der Waals surface area contributed by atoms with Gasteiger partial charge in [-0.25, -0.2) is 9.59 Å². The number of benzene rings is 1. The van der Waals surface area contributed by atoms with Gasteiger partial charge < -0.3 is 25.3 Å². The molecule has 0 unspecified atom stereocenters. The number of nitrogen functional groups attached to an aromatic ring is 1. The number of carboxylic acid groups (broad SMARTS) is 2. The standard InChI is InChI=1S/C18H14N2O6/c1-8-5-6-11(26-8)9-3-2-4-10(7-9)12-13(17(22)23)15(19)20-16(21)14(12)18(24)25/h2-7H,1H3,(H,22,23)(H,24,25)(H3,19,20,21). The van der Waals surface area contributed by atoms with Crippen LogP contribution in [0.3, 0.4) is 0 Å². The predicted octanol–water partition coefficient (Wildman–Crippen LogP) is 2.59. The van der Waals surface area contributed by atoms with Crippen LogP contribution < -0.4 is 11.3 Å². The van der Waals surface area contributed by atoms with Crippen LogP contribution in [0.1, 0.15) is 26.5 Å². The number of pyridine rings is 1. The van der Waals surface area contributed by atoms with Crippen LogP contribution in [0.15, 0.2) is 45.6 Å². The molecule has 0 aliphatic heterocycles. The largest absolute Gasteiger partial charge is 0.478 e. The zero-order valence-corrected chi connectivity index (χ0v) is 13.6. The van der Waals surface area contributed by atoms with Crippen LogP contribution in [0.5, 0.6) is 0 Å². The predicted molar refractivity (Wildman–Crippen MR) is 93.3 cm³/mol. The number of carboxylic acids is 2. The topological polar surface area (TPSA) is 147 Å². The van der Waals surface area contributed by atoms with Gasteiger partial charge in [0.25, 0.3) is 5.56 Å². The number of carbonyl (C=O) groups is 2. The molecule has 2 aromatic heterocycles. The molecule has 3 rings (SSSR count). The highest BCUT2D eigenvalue weighted by atomic mass is 16.4. The minimum atomic E-state index is -1.55. The lowest BCUT2D eigenvalue weighted by Crippen LogP contribution is -2.24. The molecule has 0 radical (unpaired) electrons. The number of hydrogen-bond acceptors (Lipinski definition) is 5. The van der Waals surface area contributed by atoms with Gasteiger partial charge in [0.2, 0.25) is 0 Å². The fraction of sp³-hybridized carbons (Fsp3) is 0.0556. The molecule has 0 amide bonds. The molecule has 0 aliphatic rings. The first-order chi connectivity index (χ1) is 12.3. The Labute approximate surface area is 146 Å². The number of aromatic nitrogens is 1. The normalized spacial score (nSPS) is 10.7. The Morgan fingerprint density at radius 3 is 2.27 bits per heavy atom. The van der Waals surface area contributed by atoms with Gasteiger partial charge in [-0.2, -0.15) is 0 Å². The number of aryl methyl sites for hydroxylation is 1. The molecule has 0 spiro atoms. The van der Waals surface area contributed by atoms with E-state index >= 15 is 0 Å².